The number of carboxylic acid groups (broad SMARTS) is 1. The van der Waals surface area contributed by atoms with Crippen molar-refractivity contribution >= 4 is 29.3 Å². The van der Waals surface area contributed by atoms with Crippen LogP contribution in [0.3, 0.4) is 0 Å². The molecule has 1 aromatic heterocycles. The number of nitrogens with one attached hydrogen (secondary N) is 1. The second kappa shape index (κ2) is 7.85. The molecule has 0 aliphatic rings. The molecule has 1 amide bonds. The smallest absolute Gasteiger partial charge is 0.328 e. The summed E-state index contributed by atoms with van der Waals surface area (Å²) in [5.41, 5.74) is 0.917. The molecule has 5 heteroatoms. The maximum absolute atomic E-state index is 12.0. The lowest BCUT2D eigenvalue weighted by molar-refractivity contribution is -0.131. The molecule has 110 valence electrons. The van der Waals surface area contributed by atoms with Gasteiger partial charge in [-0.05, 0) is 30.5 Å². The zero-order chi connectivity index (χ0) is 15.1. The summed E-state index contributed by atoms with van der Waals surface area (Å²) in [6.07, 6.45) is 4.71. The highest BCUT2D eigenvalue weighted by Crippen LogP contribution is 2.23. The second-order valence-electron chi connectivity index (χ2n) is 4.72. The normalized spacial score (nSPS) is 11.2. The first-order chi connectivity index (χ1) is 9.47. The van der Waals surface area contributed by atoms with Gasteiger partial charge < -0.3 is 10.4 Å². The van der Waals surface area contributed by atoms with Crippen LogP contribution in [0.2, 0.25) is 0 Å². The molecule has 2 N–H and O–H groups in total. The fourth-order valence-corrected chi connectivity index (χ4v) is 2.82. The Morgan fingerprint density at radius 2 is 2.05 bits per heavy atom. The molecule has 0 unspecified atom stereocenters. The maximum atomic E-state index is 12.0. The van der Waals surface area contributed by atoms with Crippen molar-refractivity contribution in [2.75, 3.05) is 6.54 Å². The lowest BCUT2D eigenvalue weighted by Gasteiger charge is -2.12. The van der Waals surface area contributed by atoms with Crippen LogP contribution in [0.15, 0.2) is 12.1 Å². The van der Waals surface area contributed by atoms with Crippen molar-refractivity contribution in [1.82, 2.24) is 5.32 Å². The minimum atomic E-state index is -0.988. The van der Waals surface area contributed by atoms with Crippen LogP contribution in [0.25, 0.3) is 6.08 Å². The van der Waals surface area contributed by atoms with Gasteiger partial charge in [0.2, 0.25) is 0 Å². The average Bonchev–Trinajstić information content (AvgIpc) is 2.78. The molecule has 0 spiro atoms. The molecule has 0 fully saturated rings. The lowest BCUT2D eigenvalue weighted by atomic mass is 10.0. The van der Waals surface area contributed by atoms with Crippen LogP contribution in [0, 0.1) is 12.8 Å². The van der Waals surface area contributed by atoms with Crippen molar-refractivity contribution in [3.63, 3.8) is 0 Å². The van der Waals surface area contributed by atoms with E-state index in [1.165, 1.54) is 17.4 Å². The van der Waals surface area contributed by atoms with E-state index in [9.17, 15) is 9.59 Å². The number of hydrogen-bond donors (Lipinski definition) is 2. The first-order valence-electron chi connectivity index (χ1n) is 6.77. The molecule has 0 saturated carbocycles. The zero-order valence-electron chi connectivity index (χ0n) is 12.1. The van der Waals surface area contributed by atoms with Gasteiger partial charge >= 0.3 is 5.97 Å². The SMILES string of the molecule is CCC(CC)CNC(=O)c1cc(C)c(/C=C/C(=O)O)s1. The molecule has 0 saturated heterocycles. The van der Waals surface area contributed by atoms with Gasteiger partial charge in [-0.2, -0.15) is 0 Å². The Balaban J connectivity index is 2.70. The number of carbonyl (C=O) groups is 2. The first kappa shape index (κ1) is 16.4. The minimum absolute atomic E-state index is 0.0834. The van der Waals surface area contributed by atoms with E-state index in [-0.39, 0.29) is 5.91 Å². The summed E-state index contributed by atoms with van der Waals surface area (Å²) >= 11 is 1.31. The molecular weight excluding hydrogens is 274 g/mol. The van der Waals surface area contributed by atoms with Crippen LogP contribution in [-0.2, 0) is 4.79 Å². The summed E-state index contributed by atoms with van der Waals surface area (Å²) in [6, 6.07) is 1.80. The van der Waals surface area contributed by atoms with Crippen molar-refractivity contribution in [2.24, 2.45) is 5.92 Å². The van der Waals surface area contributed by atoms with Gasteiger partial charge in [-0.3, -0.25) is 4.79 Å². The number of carboxylic acids is 1. The molecule has 20 heavy (non-hydrogen) atoms. The lowest BCUT2D eigenvalue weighted by Crippen LogP contribution is -2.28. The molecule has 1 rings (SSSR count). The molecule has 0 aromatic carbocycles. The number of thiophene rings is 1. The number of hydrogen-bond acceptors (Lipinski definition) is 3. The molecule has 0 aliphatic carbocycles. The summed E-state index contributed by atoms with van der Waals surface area (Å²) in [7, 11) is 0. The number of carbonyl (C=O) groups excluding carboxylic acids is 1. The molecule has 0 aliphatic heterocycles. The van der Waals surface area contributed by atoms with E-state index in [4.69, 9.17) is 5.11 Å². The molecule has 0 atom stereocenters. The van der Waals surface area contributed by atoms with Crippen molar-refractivity contribution < 1.29 is 14.7 Å². The highest BCUT2D eigenvalue weighted by molar-refractivity contribution is 7.15. The third kappa shape index (κ3) is 4.81. The number of aliphatic carboxylic acids is 1. The first-order valence-corrected chi connectivity index (χ1v) is 7.59. The molecule has 4 nitrogen and oxygen atoms in total. The van der Waals surface area contributed by atoms with E-state index < -0.39 is 5.97 Å². The Bertz CT molecular complexity index is 501. The summed E-state index contributed by atoms with van der Waals surface area (Å²) in [4.78, 5) is 24.0. The van der Waals surface area contributed by atoms with Crippen molar-refractivity contribution in [2.45, 2.75) is 33.6 Å². The van der Waals surface area contributed by atoms with Gasteiger partial charge in [0.15, 0.2) is 0 Å². The van der Waals surface area contributed by atoms with Crippen LogP contribution in [0.4, 0.5) is 0 Å². The molecule has 1 heterocycles. The summed E-state index contributed by atoms with van der Waals surface area (Å²) in [5.74, 6) is -0.566. The Kier molecular flexibility index (Phi) is 6.45. The van der Waals surface area contributed by atoms with E-state index in [1.54, 1.807) is 6.07 Å². The predicted octanol–water partition coefficient (Wildman–Crippen LogP) is 3.32. The van der Waals surface area contributed by atoms with Gasteiger partial charge in [-0.15, -0.1) is 11.3 Å². The topological polar surface area (TPSA) is 66.4 Å². The minimum Gasteiger partial charge on any atom is -0.478 e. The monoisotopic (exact) mass is 295 g/mol. The Morgan fingerprint density at radius 3 is 2.60 bits per heavy atom. The van der Waals surface area contributed by atoms with Crippen molar-refractivity contribution in [1.29, 1.82) is 0 Å². The largest absolute Gasteiger partial charge is 0.478 e. The van der Waals surface area contributed by atoms with Crippen LogP contribution < -0.4 is 5.32 Å². The Morgan fingerprint density at radius 1 is 1.40 bits per heavy atom. The highest BCUT2D eigenvalue weighted by Gasteiger charge is 2.12. The summed E-state index contributed by atoms with van der Waals surface area (Å²) in [6.45, 7) is 6.79. The number of amides is 1. The third-order valence-electron chi connectivity index (χ3n) is 3.26. The third-order valence-corrected chi connectivity index (χ3v) is 4.46. The molecule has 0 bridgehead atoms. The standard InChI is InChI=1S/C15H21NO3S/c1-4-11(5-2)9-16-15(19)13-8-10(3)12(20-13)6-7-14(17)18/h6-8,11H,4-5,9H2,1-3H3,(H,16,19)(H,17,18)/b7-6+. The zero-order valence-corrected chi connectivity index (χ0v) is 12.9. The molecule has 1 aromatic rings. The Hall–Kier alpha value is -1.62. The van der Waals surface area contributed by atoms with Crippen LogP contribution in [-0.4, -0.2) is 23.5 Å². The van der Waals surface area contributed by atoms with E-state index in [0.29, 0.717) is 17.3 Å². The van der Waals surface area contributed by atoms with Crippen LogP contribution in [0.1, 0.15) is 46.8 Å². The van der Waals surface area contributed by atoms with Gasteiger partial charge in [-0.25, -0.2) is 4.79 Å². The van der Waals surface area contributed by atoms with Crippen molar-refractivity contribution in [3.05, 3.63) is 27.5 Å². The predicted molar refractivity (Wildman–Crippen MR) is 82.1 cm³/mol. The van der Waals surface area contributed by atoms with E-state index >= 15 is 0 Å². The average molecular weight is 295 g/mol. The van der Waals surface area contributed by atoms with Crippen LogP contribution >= 0.6 is 11.3 Å². The fraction of sp³-hybridized carbons (Fsp3) is 0.467. The number of rotatable bonds is 7. The summed E-state index contributed by atoms with van der Waals surface area (Å²) < 4.78 is 0. The highest BCUT2D eigenvalue weighted by atomic mass is 32.1. The number of aryl methyl sites for hydroxylation is 1. The van der Waals surface area contributed by atoms with Crippen molar-refractivity contribution in [3.8, 4) is 0 Å². The molecule has 0 radical (unpaired) electrons. The fourth-order valence-electron chi connectivity index (χ4n) is 1.82. The van der Waals surface area contributed by atoms with E-state index in [0.717, 1.165) is 29.4 Å². The van der Waals surface area contributed by atoms with Gasteiger partial charge in [0, 0.05) is 17.5 Å². The quantitative estimate of drug-likeness (QED) is 0.758. The van der Waals surface area contributed by atoms with Gasteiger partial charge in [-0.1, -0.05) is 26.7 Å². The molecular formula is C15H21NO3S. The maximum Gasteiger partial charge on any atom is 0.328 e. The second-order valence-corrected chi connectivity index (χ2v) is 5.81. The van der Waals surface area contributed by atoms with E-state index in [2.05, 4.69) is 19.2 Å². The van der Waals surface area contributed by atoms with Gasteiger partial charge in [0.25, 0.3) is 5.91 Å². The Labute approximate surface area is 123 Å². The van der Waals surface area contributed by atoms with Crippen LogP contribution in [0.5, 0.6) is 0 Å². The van der Waals surface area contributed by atoms with E-state index in [1.807, 2.05) is 6.92 Å². The van der Waals surface area contributed by atoms with Gasteiger partial charge in [0.1, 0.15) is 0 Å². The van der Waals surface area contributed by atoms with Gasteiger partial charge in [0.05, 0.1) is 4.88 Å². The summed E-state index contributed by atoms with van der Waals surface area (Å²) in [5, 5.41) is 11.6.